The van der Waals surface area contributed by atoms with E-state index in [1.54, 1.807) is 6.20 Å². The number of rotatable bonds is 4. The summed E-state index contributed by atoms with van der Waals surface area (Å²) in [5.41, 5.74) is 0.867. The maximum Gasteiger partial charge on any atom is 0.142 e. The molecule has 0 bridgehead atoms. The van der Waals surface area contributed by atoms with Crippen molar-refractivity contribution in [3.05, 3.63) is 30.1 Å². The normalized spacial score (nSPS) is 32.8. The number of pyridine rings is 1. The molecule has 1 unspecified atom stereocenters. The van der Waals surface area contributed by atoms with Crippen molar-refractivity contribution in [3.8, 4) is 0 Å². The van der Waals surface area contributed by atoms with E-state index in [9.17, 15) is 5.11 Å². The summed E-state index contributed by atoms with van der Waals surface area (Å²) in [6.07, 6.45) is 1.62. The van der Waals surface area contributed by atoms with E-state index in [1.165, 1.54) is 0 Å². The van der Waals surface area contributed by atoms with Gasteiger partial charge in [-0.3, -0.25) is 4.98 Å². The SMILES string of the molecule is B[C@@H]1O[C@H](CC)[C@H](O)C1OCc1ccccn1. The second kappa shape index (κ2) is 5.62. The Kier molecular flexibility index (Phi) is 4.15. The van der Waals surface area contributed by atoms with E-state index in [0.29, 0.717) is 6.61 Å². The highest BCUT2D eigenvalue weighted by Crippen LogP contribution is 2.24. The molecule has 1 aliphatic rings. The van der Waals surface area contributed by atoms with Crippen LogP contribution >= 0.6 is 0 Å². The summed E-state index contributed by atoms with van der Waals surface area (Å²) in [4.78, 5) is 4.18. The van der Waals surface area contributed by atoms with Gasteiger partial charge in [0.15, 0.2) is 0 Å². The molecule has 0 radical (unpaired) electrons. The first-order valence-electron chi connectivity index (χ1n) is 6.07. The van der Waals surface area contributed by atoms with Crippen LogP contribution in [0.15, 0.2) is 24.4 Å². The van der Waals surface area contributed by atoms with Crippen molar-refractivity contribution < 1.29 is 14.6 Å². The molecule has 0 saturated carbocycles. The Labute approximate surface area is 102 Å². The molecular weight excluding hydrogens is 217 g/mol. The average Bonchev–Trinajstić information content (AvgIpc) is 2.63. The zero-order chi connectivity index (χ0) is 12.3. The number of hydrogen-bond donors (Lipinski definition) is 1. The molecule has 4 atom stereocenters. The molecule has 17 heavy (non-hydrogen) atoms. The fraction of sp³-hybridized carbons (Fsp3) is 0.583. The first-order chi connectivity index (χ1) is 8.22. The summed E-state index contributed by atoms with van der Waals surface area (Å²) >= 11 is 0. The zero-order valence-electron chi connectivity index (χ0n) is 10.2. The molecule has 1 aromatic heterocycles. The standard InChI is InChI=1S/C12H18BNO3/c1-2-9-10(15)11(12(13)17-9)16-7-8-5-3-4-6-14-8/h3-6,9-12,15H,2,7,13H2,1H3/t9-,10+,11?,12-/m1/s1. The Balaban J connectivity index is 1.91. The molecular formula is C12H18BNO3. The zero-order valence-corrected chi connectivity index (χ0v) is 10.2. The van der Waals surface area contributed by atoms with Gasteiger partial charge < -0.3 is 14.6 Å². The number of ether oxygens (including phenoxy) is 2. The lowest BCUT2D eigenvalue weighted by atomic mass is 9.92. The summed E-state index contributed by atoms with van der Waals surface area (Å²) in [7, 11) is 1.93. The molecule has 1 saturated heterocycles. The Morgan fingerprint density at radius 1 is 1.53 bits per heavy atom. The smallest absolute Gasteiger partial charge is 0.142 e. The summed E-state index contributed by atoms with van der Waals surface area (Å²) in [6.45, 7) is 2.41. The van der Waals surface area contributed by atoms with Gasteiger partial charge in [-0.1, -0.05) is 13.0 Å². The van der Waals surface area contributed by atoms with E-state index in [-0.39, 0.29) is 18.2 Å². The van der Waals surface area contributed by atoms with E-state index in [0.717, 1.165) is 12.1 Å². The van der Waals surface area contributed by atoms with E-state index in [4.69, 9.17) is 9.47 Å². The van der Waals surface area contributed by atoms with Crippen LogP contribution in [-0.4, -0.2) is 42.3 Å². The molecule has 0 aromatic carbocycles. The largest absolute Gasteiger partial charge is 0.388 e. The lowest BCUT2D eigenvalue weighted by Gasteiger charge is -2.18. The van der Waals surface area contributed by atoms with Gasteiger partial charge in [0.2, 0.25) is 0 Å². The molecule has 2 heterocycles. The van der Waals surface area contributed by atoms with Crippen LogP contribution in [0.2, 0.25) is 0 Å². The van der Waals surface area contributed by atoms with Gasteiger partial charge in [0.05, 0.1) is 24.4 Å². The third-order valence-electron chi connectivity index (χ3n) is 3.12. The van der Waals surface area contributed by atoms with E-state index in [2.05, 4.69) is 4.98 Å². The van der Waals surface area contributed by atoms with Crippen molar-refractivity contribution in [3.63, 3.8) is 0 Å². The maximum absolute atomic E-state index is 10.0. The molecule has 2 rings (SSSR count). The number of aromatic nitrogens is 1. The average molecular weight is 235 g/mol. The second-order valence-electron chi connectivity index (χ2n) is 4.38. The van der Waals surface area contributed by atoms with Crippen molar-refractivity contribution >= 4 is 7.85 Å². The van der Waals surface area contributed by atoms with Gasteiger partial charge in [0.1, 0.15) is 20.1 Å². The minimum atomic E-state index is -0.543. The monoisotopic (exact) mass is 235 g/mol. The molecule has 1 aromatic rings. The molecule has 4 nitrogen and oxygen atoms in total. The number of aliphatic hydroxyl groups excluding tert-OH is 1. The summed E-state index contributed by atoms with van der Waals surface area (Å²) < 4.78 is 11.3. The van der Waals surface area contributed by atoms with Crippen LogP contribution in [0.4, 0.5) is 0 Å². The third-order valence-corrected chi connectivity index (χ3v) is 3.12. The lowest BCUT2D eigenvalue weighted by molar-refractivity contribution is -0.0317. The Morgan fingerprint density at radius 2 is 2.35 bits per heavy atom. The van der Waals surface area contributed by atoms with Gasteiger partial charge >= 0.3 is 0 Å². The Hall–Kier alpha value is -0.905. The van der Waals surface area contributed by atoms with Crippen molar-refractivity contribution in [2.45, 2.75) is 44.3 Å². The number of nitrogens with zero attached hydrogens (tertiary/aromatic N) is 1. The van der Waals surface area contributed by atoms with Crippen LogP contribution < -0.4 is 0 Å². The van der Waals surface area contributed by atoms with Crippen LogP contribution in [0, 0.1) is 0 Å². The maximum atomic E-state index is 10.0. The topological polar surface area (TPSA) is 51.6 Å². The quantitative estimate of drug-likeness (QED) is 0.752. The summed E-state index contributed by atoms with van der Waals surface area (Å²) in [5, 5.41) is 10.0. The molecule has 1 fully saturated rings. The first kappa shape index (κ1) is 12.5. The van der Waals surface area contributed by atoms with Crippen LogP contribution in [0.25, 0.3) is 0 Å². The Morgan fingerprint density at radius 3 is 2.94 bits per heavy atom. The second-order valence-corrected chi connectivity index (χ2v) is 4.38. The van der Waals surface area contributed by atoms with Crippen LogP contribution in [0.5, 0.6) is 0 Å². The van der Waals surface area contributed by atoms with Crippen LogP contribution in [0.1, 0.15) is 19.0 Å². The van der Waals surface area contributed by atoms with Crippen molar-refractivity contribution in [1.29, 1.82) is 0 Å². The molecule has 5 heteroatoms. The van der Waals surface area contributed by atoms with E-state index < -0.39 is 6.10 Å². The molecule has 1 N–H and O–H groups in total. The minimum Gasteiger partial charge on any atom is -0.388 e. The van der Waals surface area contributed by atoms with Gasteiger partial charge in [-0.05, 0) is 18.6 Å². The molecule has 0 amide bonds. The highest BCUT2D eigenvalue weighted by Gasteiger charge is 2.40. The van der Waals surface area contributed by atoms with E-state index >= 15 is 0 Å². The summed E-state index contributed by atoms with van der Waals surface area (Å²) in [5.74, 6) is 0. The summed E-state index contributed by atoms with van der Waals surface area (Å²) in [6, 6.07) is 5.63. The predicted molar refractivity (Wildman–Crippen MR) is 66.3 cm³/mol. The van der Waals surface area contributed by atoms with Gasteiger partial charge in [0, 0.05) is 6.20 Å². The van der Waals surface area contributed by atoms with Crippen molar-refractivity contribution in [2.24, 2.45) is 0 Å². The number of aliphatic hydroxyl groups is 1. The minimum absolute atomic E-state index is 0.0707. The van der Waals surface area contributed by atoms with Crippen LogP contribution in [0.3, 0.4) is 0 Å². The lowest BCUT2D eigenvalue weighted by Crippen LogP contribution is -2.35. The van der Waals surface area contributed by atoms with Crippen molar-refractivity contribution in [1.82, 2.24) is 4.98 Å². The Bertz CT molecular complexity index is 349. The van der Waals surface area contributed by atoms with Gasteiger partial charge in [0.25, 0.3) is 0 Å². The van der Waals surface area contributed by atoms with Gasteiger partial charge in [-0.2, -0.15) is 0 Å². The first-order valence-corrected chi connectivity index (χ1v) is 6.07. The molecule has 0 aliphatic carbocycles. The van der Waals surface area contributed by atoms with Gasteiger partial charge in [-0.25, -0.2) is 0 Å². The highest BCUT2D eigenvalue weighted by molar-refractivity contribution is 6.11. The predicted octanol–water partition coefficient (Wildman–Crippen LogP) is 0.0957. The fourth-order valence-electron chi connectivity index (χ4n) is 2.16. The fourth-order valence-corrected chi connectivity index (χ4v) is 2.16. The number of hydrogen-bond acceptors (Lipinski definition) is 4. The van der Waals surface area contributed by atoms with Crippen LogP contribution in [-0.2, 0) is 16.1 Å². The molecule has 0 spiro atoms. The third kappa shape index (κ3) is 2.86. The van der Waals surface area contributed by atoms with Crippen molar-refractivity contribution in [2.75, 3.05) is 0 Å². The molecule has 92 valence electrons. The van der Waals surface area contributed by atoms with Gasteiger partial charge in [-0.15, -0.1) is 0 Å². The van der Waals surface area contributed by atoms with E-state index in [1.807, 2.05) is 33.0 Å². The molecule has 1 aliphatic heterocycles. The highest BCUT2D eigenvalue weighted by atomic mass is 16.6.